The second-order valence-electron chi connectivity index (χ2n) is 1.06. The Morgan fingerprint density at radius 3 is 1.18 bits per heavy atom. The van der Waals surface area contributed by atoms with Crippen LogP contribution in [-0.2, 0) is 13.4 Å². The summed E-state index contributed by atoms with van der Waals surface area (Å²) in [7, 11) is -8.60. The van der Waals surface area contributed by atoms with Crippen molar-refractivity contribution in [2.75, 3.05) is 7.05 Å². The van der Waals surface area contributed by atoms with Gasteiger partial charge >= 0.3 is 15.6 Å². The maximum Gasteiger partial charge on any atom is 0.478 e. The monoisotopic (exact) mass is 209 g/mol. The first-order chi connectivity index (χ1) is 4.71. The van der Waals surface area contributed by atoms with Gasteiger partial charge in [-0.05, 0) is 7.05 Å². The average molecular weight is 209 g/mol. The summed E-state index contributed by atoms with van der Waals surface area (Å²) in [4.78, 5) is 31.0. The van der Waals surface area contributed by atoms with Crippen LogP contribution < -0.4 is 5.73 Å². The largest absolute Gasteiger partial charge is 0.478 e. The number of hydrogen-bond acceptors (Lipinski definition) is 4. The second kappa shape index (κ2) is 4.97. The molecule has 11 heavy (non-hydrogen) atoms. The SMILES string of the molecule is CN.O=P(O)(O)OP(=O)(O)O. The topological polar surface area (TPSA) is 150 Å². The molecule has 0 spiro atoms. The van der Waals surface area contributed by atoms with Crippen molar-refractivity contribution in [1.29, 1.82) is 0 Å². The normalized spacial score (nSPS) is 11.8. The van der Waals surface area contributed by atoms with E-state index in [1.165, 1.54) is 7.05 Å². The molecule has 6 N–H and O–H groups in total. The third-order valence-electron chi connectivity index (χ3n) is 0.213. The maximum absolute atomic E-state index is 9.63. The highest BCUT2D eigenvalue weighted by Gasteiger charge is 2.27. The van der Waals surface area contributed by atoms with Crippen LogP contribution in [0.15, 0.2) is 0 Å². The summed E-state index contributed by atoms with van der Waals surface area (Å²) in [6, 6.07) is 0. The zero-order chi connectivity index (χ0) is 9.71. The lowest BCUT2D eigenvalue weighted by atomic mass is 11.6. The molecule has 0 aliphatic heterocycles. The summed E-state index contributed by atoms with van der Waals surface area (Å²) in [6.45, 7) is 0. The van der Waals surface area contributed by atoms with Gasteiger partial charge in [-0.3, -0.25) is 0 Å². The summed E-state index contributed by atoms with van der Waals surface area (Å²) < 4.78 is 22.2. The summed E-state index contributed by atoms with van der Waals surface area (Å²) in [6.07, 6.45) is 0. The average Bonchev–Trinajstić information content (AvgIpc) is 1.60. The second-order valence-corrected chi connectivity index (χ2v) is 3.68. The van der Waals surface area contributed by atoms with Crippen molar-refractivity contribution in [2.45, 2.75) is 0 Å². The third kappa shape index (κ3) is 17.8. The Morgan fingerprint density at radius 1 is 1.00 bits per heavy atom. The quantitative estimate of drug-likeness (QED) is 0.354. The fourth-order valence-corrected chi connectivity index (χ4v) is 1.25. The van der Waals surface area contributed by atoms with Crippen molar-refractivity contribution in [3.63, 3.8) is 0 Å². The van der Waals surface area contributed by atoms with E-state index in [9.17, 15) is 9.13 Å². The predicted molar refractivity (Wildman–Crippen MR) is 35.3 cm³/mol. The molecule has 0 heterocycles. The molecule has 70 valence electrons. The van der Waals surface area contributed by atoms with Crippen molar-refractivity contribution in [3.8, 4) is 0 Å². The Balaban J connectivity index is 0. The molecular weight excluding hydrogens is 200 g/mol. The van der Waals surface area contributed by atoms with Gasteiger partial charge in [0.15, 0.2) is 0 Å². The van der Waals surface area contributed by atoms with E-state index in [4.69, 9.17) is 19.6 Å². The van der Waals surface area contributed by atoms with E-state index >= 15 is 0 Å². The first kappa shape index (κ1) is 13.8. The Morgan fingerprint density at radius 2 is 1.18 bits per heavy atom. The fraction of sp³-hybridized carbons (Fsp3) is 1.00. The number of phosphoric acid groups is 2. The zero-order valence-electron chi connectivity index (χ0n) is 5.49. The Labute approximate surface area is 62.5 Å². The van der Waals surface area contributed by atoms with Gasteiger partial charge in [0, 0.05) is 0 Å². The van der Waals surface area contributed by atoms with Crippen LogP contribution in [0.3, 0.4) is 0 Å². The lowest BCUT2D eigenvalue weighted by Gasteiger charge is -2.03. The van der Waals surface area contributed by atoms with Crippen molar-refractivity contribution in [1.82, 2.24) is 0 Å². The van der Waals surface area contributed by atoms with Crippen molar-refractivity contribution in [2.24, 2.45) is 5.73 Å². The summed E-state index contributed by atoms with van der Waals surface area (Å²) in [5.74, 6) is 0. The highest BCUT2D eigenvalue weighted by molar-refractivity contribution is 7.60. The zero-order valence-corrected chi connectivity index (χ0v) is 7.27. The van der Waals surface area contributed by atoms with E-state index in [1.807, 2.05) is 0 Å². The van der Waals surface area contributed by atoms with Crippen LogP contribution in [0.2, 0.25) is 0 Å². The van der Waals surface area contributed by atoms with Gasteiger partial charge in [0.05, 0.1) is 0 Å². The molecule has 0 aromatic carbocycles. The molecule has 0 aliphatic rings. The molecule has 0 unspecified atom stereocenters. The first-order valence-corrected chi connectivity index (χ1v) is 5.17. The lowest BCUT2D eigenvalue weighted by molar-refractivity contribution is 0.225. The highest BCUT2D eigenvalue weighted by atomic mass is 31.3. The van der Waals surface area contributed by atoms with Crippen LogP contribution in [0, 0.1) is 0 Å². The lowest BCUT2D eigenvalue weighted by Crippen LogP contribution is -1.84. The van der Waals surface area contributed by atoms with Crippen LogP contribution in [0.1, 0.15) is 0 Å². The molecule has 0 radical (unpaired) electrons. The minimum absolute atomic E-state index is 1.50. The third-order valence-corrected chi connectivity index (χ3v) is 1.91. The van der Waals surface area contributed by atoms with Gasteiger partial charge in [0.25, 0.3) is 0 Å². The molecule has 0 rings (SSSR count). The van der Waals surface area contributed by atoms with Crippen LogP contribution in [0.25, 0.3) is 0 Å². The van der Waals surface area contributed by atoms with Gasteiger partial charge in [0.1, 0.15) is 0 Å². The maximum atomic E-state index is 9.63. The fourth-order valence-electron chi connectivity index (χ4n) is 0.139. The molecule has 10 heteroatoms. The standard InChI is InChI=1S/CH5N.H4O7P2/c1-2;1-8(2,3)7-9(4,5)6/h2H2,1H3;(H2,1,2,3)(H2,4,5,6). The smallest absolute Gasteiger partial charge is 0.333 e. The number of nitrogens with two attached hydrogens (primary N) is 1. The minimum Gasteiger partial charge on any atom is -0.333 e. The predicted octanol–water partition coefficient (Wildman–Crippen LogP) is -1.24. The van der Waals surface area contributed by atoms with Crippen molar-refractivity contribution >= 4 is 15.6 Å². The summed E-state index contributed by atoms with van der Waals surface area (Å²) in [5.41, 5.74) is 4.50. The van der Waals surface area contributed by atoms with E-state index in [-0.39, 0.29) is 0 Å². The van der Waals surface area contributed by atoms with E-state index in [0.717, 1.165) is 0 Å². The van der Waals surface area contributed by atoms with Gasteiger partial charge in [-0.2, -0.15) is 4.31 Å². The Hall–Kier alpha value is 0.220. The van der Waals surface area contributed by atoms with Crippen LogP contribution in [0.5, 0.6) is 0 Å². The van der Waals surface area contributed by atoms with Crippen LogP contribution in [0.4, 0.5) is 0 Å². The molecule has 0 saturated carbocycles. The minimum atomic E-state index is -5.05. The van der Waals surface area contributed by atoms with Gasteiger partial charge < -0.3 is 25.3 Å². The van der Waals surface area contributed by atoms with Gasteiger partial charge in [-0.25, -0.2) is 9.13 Å². The molecule has 0 amide bonds. The number of hydrogen-bond donors (Lipinski definition) is 5. The number of rotatable bonds is 2. The van der Waals surface area contributed by atoms with Gasteiger partial charge in [0.2, 0.25) is 0 Å². The van der Waals surface area contributed by atoms with Crippen LogP contribution in [-0.4, -0.2) is 26.6 Å². The van der Waals surface area contributed by atoms with Gasteiger partial charge in [-0.15, -0.1) is 0 Å². The molecule has 0 aromatic rings. The molecule has 0 bridgehead atoms. The molecule has 0 aromatic heterocycles. The molecule has 0 fully saturated rings. The molecular formula is CH9NO7P2. The molecule has 8 nitrogen and oxygen atoms in total. The highest BCUT2D eigenvalue weighted by Crippen LogP contribution is 2.53. The van der Waals surface area contributed by atoms with E-state index in [0.29, 0.717) is 0 Å². The Kier molecular flexibility index (Phi) is 6.23. The van der Waals surface area contributed by atoms with Crippen molar-refractivity contribution < 1.29 is 33.0 Å². The van der Waals surface area contributed by atoms with E-state index < -0.39 is 15.6 Å². The van der Waals surface area contributed by atoms with E-state index in [1.54, 1.807) is 0 Å². The summed E-state index contributed by atoms with van der Waals surface area (Å²) in [5, 5.41) is 0. The molecule has 0 aliphatic carbocycles. The molecule has 0 saturated heterocycles. The van der Waals surface area contributed by atoms with Crippen LogP contribution >= 0.6 is 15.6 Å². The van der Waals surface area contributed by atoms with E-state index in [2.05, 4.69) is 10.0 Å². The van der Waals surface area contributed by atoms with Crippen molar-refractivity contribution in [3.05, 3.63) is 0 Å². The summed E-state index contributed by atoms with van der Waals surface area (Å²) >= 11 is 0. The molecule has 0 atom stereocenters. The van der Waals surface area contributed by atoms with Gasteiger partial charge in [-0.1, -0.05) is 0 Å². The first-order valence-electron chi connectivity index (χ1n) is 2.11. The Bertz CT molecular complexity index is 157.